The van der Waals surface area contributed by atoms with Crippen molar-refractivity contribution in [3.63, 3.8) is 0 Å². The minimum absolute atomic E-state index is 0.0551. The molecule has 3 N–H and O–H groups in total. The van der Waals surface area contributed by atoms with Gasteiger partial charge in [-0.2, -0.15) is 11.8 Å². The summed E-state index contributed by atoms with van der Waals surface area (Å²) >= 11 is 1.91. The van der Waals surface area contributed by atoms with Gasteiger partial charge in [0.05, 0.1) is 23.6 Å². The Labute approximate surface area is 219 Å². The summed E-state index contributed by atoms with van der Waals surface area (Å²) in [4.78, 5) is 34.0. The molecule has 0 aliphatic carbocycles. The maximum absolute atomic E-state index is 12.1. The lowest BCUT2D eigenvalue weighted by Crippen LogP contribution is -2.36. The molecular formula is C24H34N6O6S. The summed E-state index contributed by atoms with van der Waals surface area (Å²) in [5, 5.41) is 27.8. The van der Waals surface area contributed by atoms with E-state index in [0.717, 1.165) is 63.5 Å². The molecule has 0 spiro atoms. The molecule has 2 aliphatic rings. The molecule has 3 heterocycles. The lowest BCUT2D eigenvalue weighted by Gasteiger charge is -2.16. The Balaban J connectivity index is 0.963. The van der Waals surface area contributed by atoms with Crippen LogP contribution >= 0.6 is 11.8 Å². The van der Waals surface area contributed by atoms with Crippen LogP contribution in [0.3, 0.4) is 0 Å². The monoisotopic (exact) mass is 534 g/mol. The predicted molar refractivity (Wildman–Crippen MR) is 139 cm³/mol. The number of thioether (sulfide) groups is 1. The van der Waals surface area contributed by atoms with Gasteiger partial charge in [0.15, 0.2) is 11.3 Å². The number of unbranched alkanes of at least 4 members (excludes halogenated alkanes) is 6. The lowest BCUT2D eigenvalue weighted by molar-refractivity contribution is -0.383. The van der Waals surface area contributed by atoms with Gasteiger partial charge in [-0.3, -0.25) is 14.9 Å². The van der Waals surface area contributed by atoms with Crippen LogP contribution in [-0.2, 0) is 4.79 Å². The molecule has 0 saturated carbocycles. The number of nitrogens with zero attached hydrogens (tertiary/aromatic N) is 3. The molecule has 0 radical (unpaired) electrons. The number of carbonyl (C=O) groups excluding carboxylic acids is 2. The minimum Gasteiger partial charge on any atom is -0.491 e. The summed E-state index contributed by atoms with van der Waals surface area (Å²) in [6.07, 6.45) is 9.55. The maximum atomic E-state index is 12.1. The van der Waals surface area contributed by atoms with Gasteiger partial charge in [0, 0.05) is 30.0 Å². The third-order valence-electron chi connectivity index (χ3n) is 6.79. The van der Waals surface area contributed by atoms with Crippen LogP contribution in [-0.4, -0.2) is 63.4 Å². The number of hydrogen-bond donors (Lipinski definition) is 3. The normalized spacial score (nSPS) is 20.4. The van der Waals surface area contributed by atoms with Gasteiger partial charge in [-0.1, -0.05) is 32.1 Å². The van der Waals surface area contributed by atoms with E-state index in [0.29, 0.717) is 30.6 Å². The highest BCUT2D eigenvalue weighted by atomic mass is 32.2. The highest BCUT2D eigenvalue weighted by molar-refractivity contribution is 8.00. The number of nitro groups is 1. The van der Waals surface area contributed by atoms with Crippen LogP contribution in [0.1, 0.15) is 64.2 Å². The number of non-ortho nitro benzene ring substituents is 1. The van der Waals surface area contributed by atoms with E-state index < -0.39 is 4.92 Å². The highest BCUT2D eigenvalue weighted by Gasteiger charge is 2.42. The fourth-order valence-corrected chi connectivity index (χ4v) is 6.34. The fraction of sp³-hybridized carbons (Fsp3) is 0.667. The summed E-state index contributed by atoms with van der Waals surface area (Å²) in [6.45, 7) is 1.20. The second-order valence-corrected chi connectivity index (χ2v) is 10.8. The van der Waals surface area contributed by atoms with Crippen molar-refractivity contribution in [2.75, 3.05) is 18.9 Å². The second kappa shape index (κ2) is 13.5. The van der Waals surface area contributed by atoms with E-state index in [1.165, 1.54) is 12.1 Å². The number of hydrogen-bond acceptors (Lipinski definition) is 9. The first-order valence-electron chi connectivity index (χ1n) is 13.0. The van der Waals surface area contributed by atoms with Crippen molar-refractivity contribution >= 4 is 40.4 Å². The van der Waals surface area contributed by atoms with E-state index in [1.54, 1.807) is 0 Å². The third-order valence-corrected chi connectivity index (χ3v) is 8.29. The van der Waals surface area contributed by atoms with Crippen molar-refractivity contribution in [2.45, 2.75) is 81.5 Å². The van der Waals surface area contributed by atoms with Crippen molar-refractivity contribution in [1.82, 2.24) is 26.3 Å². The minimum atomic E-state index is -0.523. The zero-order valence-corrected chi connectivity index (χ0v) is 21.6. The molecule has 0 bridgehead atoms. The standard InChI is InChI=1S/C24H34N6O6S/c31-20(10-6-5-9-19-21-16(15-37-19)26-24(32)27-21)25-13-7-3-1-2-4-8-14-35-18-12-11-17(30(33)34)22-23(18)29-36-28-22/h11-12,16,19,21H,1-10,13-15H2,(H,25,31)(H2,26,27,32)/t16-,19-,21-/m0/s1. The smallest absolute Gasteiger partial charge is 0.315 e. The highest BCUT2D eigenvalue weighted by Crippen LogP contribution is 2.33. The number of aromatic nitrogens is 2. The van der Waals surface area contributed by atoms with Crippen LogP contribution in [0.15, 0.2) is 16.8 Å². The summed E-state index contributed by atoms with van der Waals surface area (Å²) < 4.78 is 10.4. The molecule has 1 aromatic heterocycles. The Hall–Kier alpha value is -3.09. The van der Waals surface area contributed by atoms with Crippen LogP contribution < -0.4 is 20.7 Å². The van der Waals surface area contributed by atoms with Crippen molar-refractivity contribution in [3.8, 4) is 5.75 Å². The Morgan fingerprint density at radius 3 is 2.73 bits per heavy atom. The van der Waals surface area contributed by atoms with Crippen LogP contribution in [0.2, 0.25) is 0 Å². The zero-order chi connectivity index (χ0) is 26.0. The van der Waals surface area contributed by atoms with Gasteiger partial charge in [0.2, 0.25) is 11.4 Å². The number of nitro benzene ring substituents is 1. The second-order valence-electron chi connectivity index (χ2n) is 9.49. The molecule has 12 nitrogen and oxygen atoms in total. The molecule has 13 heteroatoms. The topological polar surface area (TPSA) is 162 Å². The van der Waals surface area contributed by atoms with Crippen LogP contribution in [0.25, 0.3) is 11.0 Å². The number of nitrogens with one attached hydrogen (secondary N) is 3. The quantitative estimate of drug-likeness (QED) is 0.126. The largest absolute Gasteiger partial charge is 0.491 e. The molecule has 2 aliphatic heterocycles. The van der Waals surface area contributed by atoms with E-state index in [1.807, 2.05) is 11.8 Å². The third kappa shape index (κ3) is 7.46. The number of urea groups is 1. The Morgan fingerprint density at radius 1 is 1.11 bits per heavy atom. The number of carbonyl (C=O) groups is 2. The van der Waals surface area contributed by atoms with E-state index in [4.69, 9.17) is 4.74 Å². The van der Waals surface area contributed by atoms with Crippen molar-refractivity contribution in [1.29, 1.82) is 0 Å². The predicted octanol–water partition coefficient (Wildman–Crippen LogP) is 3.69. The average Bonchev–Trinajstić information content (AvgIpc) is 3.59. The van der Waals surface area contributed by atoms with Gasteiger partial charge in [0.25, 0.3) is 0 Å². The summed E-state index contributed by atoms with van der Waals surface area (Å²) in [5.74, 6) is 1.52. The van der Waals surface area contributed by atoms with Gasteiger partial charge in [0.1, 0.15) is 0 Å². The van der Waals surface area contributed by atoms with Crippen LogP contribution in [0, 0.1) is 10.1 Å². The van der Waals surface area contributed by atoms with Crippen molar-refractivity contribution in [3.05, 3.63) is 22.2 Å². The molecule has 4 rings (SSSR count). The average molecular weight is 535 g/mol. The van der Waals surface area contributed by atoms with Gasteiger partial charge < -0.3 is 20.7 Å². The van der Waals surface area contributed by atoms with E-state index >= 15 is 0 Å². The number of rotatable bonds is 16. The number of benzene rings is 1. The summed E-state index contributed by atoms with van der Waals surface area (Å²) in [5.41, 5.74) is 0.197. The number of ether oxygens (including phenoxy) is 1. The molecule has 2 saturated heterocycles. The first kappa shape index (κ1) is 27.0. The van der Waals surface area contributed by atoms with Gasteiger partial charge in [-0.25, -0.2) is 9.42 Å². The first-order chi connectivity index (χ1) is 18.0. The molecule has 2 aromatic rings. The van der Waals surface area contributed by atoms with Crippen LogP contribution in [0.4, 0.5) is 10.5 Å². The van der Waals surface area contributed by atoms with E-state index in [9.17, 15) is 19.7 Å². The molecule has 2 fully saturated rings. The van der Waals surface area contributed by atoms with Crippen molar-refractivity contribution < 1.29 is 23.9 Å². The van der Waals surface area contributed by atoms with Crippen molar-refractivity contribution in [2.24, 2.45) is 0 Å². The Kier molecular flexibility index (Phi) is 9.80. The maximum Gasteiger partial charge on any atom is 0.315 e. The Morgan fingerprint density at radius 2 is 1.89 bits per heavy atom. The van der Waals surface area contributed by atoms with Gasteiger partial charge >= 0.3 is 11.7 Å². The number of fused-ring (bicyclic) bond motifs is 2. The molecule has 202 valence electrons. The van der Waals surface area contributed by atoms with E-state index in [-0.39, 0.29) is 40.7 Å². The summed E-state index contributed by atoms with van der Waals surface area (Å²) in [6, 6.07) is 3.30. The van der Waals surface area contributed by atoms with Gasteiger partial charge in [-0.15, -0.1) is 0 Å². The number of amides is 3. The summed E-state index contributed by atoms with van der Waals surface area (Å²) in [7, 11) is 0. The lowest BCUT2D eigenvalue weighted by atomic mass is 10.0. The fourth-order valence-electron chi connectivity index (χ4n) is 4.80. The molecule has 3 atom stereocenters. The molecule has 37 heavy (non-hydrogen) atoms. The van der Waals surface area contributed by atoms with Gasteiger partial charge in [-0.05, 0) is 42.1 Å². The molecule has 3 amide bonds. The van der Waals surface area contributed by atoms with E-state index in [2.05, 4.69) is 30.9 Å². The zero-order valence-electron chi connectivity index (χ0n) is 20.8. The Bertz CT molecular complexity index is 1080. The molecular weight excluding hydrogens is 500 g/mol. The van der Waals surface area contributed by atoms with Crippen LogP contribution in [0.5, 0.6) is 5.75 Å². The SMILES string of the molecule is O=C(CCCC[C@@H]1SC[C@@H]2NC(=O)N[C@@H]21)NCCCCCCCCOc1ccc([N+](=O)[O-])c2nonc12. The molecule has 0 unspecified atom stereocenters. The first-order valence-corrected chi connectivity index (χ1v) is 14.1. The molecule has 1 aromatic carbocycles.